The van der Waals surface area contributed by atoms with Crippen molar-refractivity contribution < 1.29 is 23.9 Å². The third kappa shape index (κ3) is 6.36. The Bertz CT molecular complexity index is 1360. The van der Waals surface area contributed by atoms with Crippen molar-refractivity contribution in [1.82, 2.24) is 4.98 Å². The Kier molecular flexibility index (Phi) is 7.27. The second-order valence-corrected chi connectivity index (χ2v) is 8.91. The summed E-state index contributed by atoms with van der Waals surface area (Å²) in [4.78, 5) is 40.1. The van der Waals surface area contributed by atoms with E-state index in [2.05, 4.69) is 15.6 Å². The number of aliphatic carboxylic acids is 1. The van der Waals surface area contributed by atoms with Gasteiger partial charge in [-0.25, -0.2) is 9.78 Å². The molecule has 1 atom stereocenters. The lowest BCUT2D eigenvalue weighted by Crippen LogP contribution is -2.22. The molecule has 0 radical (unpaired) electrons. The zero-order valence-corrected chi connectivity index (χ0v) is 19.4. The number of para-hydroxylation sites is 2. The first-order valence-corrected chi connectivity index (χ1v) is 11.5. The van der Waals surface area contributed by atoms with Crippen molar-refractivity contribution in [2.45, 2.75) is 17.1 Å². The van der Waals surface area contributed by atoms with Crippen LogP contribution in [0.1, 0.15) is 6.92 Å². The Morgan fingerprint density at radius 1 is 0.914 bits per heavy atom. The van der Waals surface area contributed by atoms with Crippen LogP contribution < -0.4 is 10.6 Å². The summed E-state index contributed by atoms with van der Waals surface area (Å²) in [6.07, 6.45) is 1.71. The number of carboxylic acids is 1. The Hall–Kier alpha value is -4.37. The van der Waals surface area contributed by atoms with E-state index in [0.717, 1.165) is 33.7 Å². The van der Waals surface area contributed by atoms with Gasteiger partial charge < -0.3 is 20.2 Å². The van der Waals surface area contributed by atoms with Crippen LogP contribution in [0.5, 0.6) is 0 Å². The molecule has 0 bridgehead atoms. The van der Waals surface area contributed by atoms with Crippen LogP contribution in [-0.2, 0) is 14.4 Å². The van der Waals surface area contributed by atoms with Gasteiger partial charge in [0, 0.05) is 34.0 Å². The van der Waals surface area contributed by atoms with Crippen LogP contribution in [0, 0.1) is 0 Å². The fourth-order valence-corrected chi connectivity index (χ4v) is 4.01. The summed E-state index contributed by atoms with van der Waals surface area (Å²) in [5.74, 6) is -1.37. The molecule has 0 aliphatic carbocycles. The fraction of sp³-hybridized carbons (Fsp3) is 0.0769. The minimum Gasteiger partial charge on any atom is -0.478 e. The highest BCUT2D eigenvalue weighted by atomic mass is 32.2. The number of nitrogens with one attached hydrogen (secondary N) is 2. The van der Waals surface area contributed by atoms with E-state index in [9.17, 15) is 14.4 Å². The molecule has 0 fully saturated rings. The minimum atomic E-state index is -1.20. The number of nitrogens with zero attached hydrogens (tertiary/aromatic N) is 1. The molecule has 2 amide bonds. The van der Waals surface area contributed by atoms with E-state index in [1.807, 2.05) is 36.4 Å². The van der Waals surface area contributed by atoms with Gasteiger partial charge in [0.25, 0.3) is 0 Å². The van der Waals surface area contributed by atoms with Crippen molar-refractivity contribution in [3.8, 4) is 11.5 Å². The molecule has 0 aliphatic rings. The second kappa shape index (κ2) is 10.7. The smallest absolute Gasteiger partial charge is 0.328 e. The molecule has 0 aliphatic heterocycles. The lowest BCUT2D eigenvalue weighted by atomic mass is 10.2. The fourth-order valence-electron chi connectivity index (χ4n) is 3.14. The highest BCUT2D eigenvalue weighted by Gasteiger charge is 2.15. The van der Waals surface area contributed by atoms with Gasteiger partial charge in [-0.05, 0) is 67.6 Å². The van der Waals surface area contributed by atoms with E-state index in [1.54, 1.807) is 43.3 Å². The number of aromatic nitrogens is 1. The molecule has 1 heterocycles. The lowest BCUT2D eigenvalue weighted by Gasteiger charge is -2.12. The van der Waals surface area contributed by atoms with Crippen LogP contribution in [0.3, 0.4) is 0 Å². The maximum absolute atomic E-state index is 12.7. The number of benzene rings is 3. The van der Waals surface area contributed by atoms with Gasteiger partial charge in [-0.3, -0.25) is 9.59 Å². The van der Waals surface area contributed by atoms with E-state index in [-0.39, 0.29) is 11.2 Å². The Balaban J connectivity index is 1.31. The van der Waals surface area contributed by atoms with Crippen LogP contribution in [0.2, 0.25) is 0 Å². The Morgan fingerprint density at radius 2 is 1.57 bits per heavy atom. The highest BCUT2D eigenvalue weighted by molar-refractivity contribution is 8.00. The zero-order valence-electron chi connectivity index (χ0n) is 18.6. The van der Waals surface area contributed by atoms with Gasteiger partial charge in [-0.1, -0.05) is 12.1 Å². The zero-order chi connectivity index (χ0) is 24.8. The predicted molar refractivity (Wildman–Crippen MR) is 135 cm³/mol. The second-order valence-electron chi connectivity index (χ2n) is 7.50. The Morgan fingerprint density at radius 3 is 2.26 bits per heavy atom. The number of hydrogen-bond acceptors (Lipinski definition) is 6. The topological polar surface area (TPSA) is 122 Å². The molecular weight excluding hydrogens is 466 g/mol. The maximum Gasteiger partial charge on any atom is 0.328 e. The van der Waals surface area contributed by atoms with Gasteiger partial charge in [0.1, 0.15) is 5.52 Å². The number of hydrogen-bond donors (Lipinski definition) is 3. The first-order chi connectivity index (χ1) is 16.9. The molecule has 3 N–H and O–H groups in total. The molecule has 8 nitrogen and oxygen atoms in total. The summed E-state index contributed by atoms with van der Waals surface area (Å²) in [6.45, 7) is 1.80. The number of carbonyl (C=O) groups is 3. The number of oxazole rings is 1. The molecule has 0 saturated heterocycles. The maximum atomic E-state index is 12.7. The molecule has 4 rings (SSSR count). The number of amides is 2. The third-order valence-corrected chi connectivity index (χ3v) is 5.99. The standard InChI is InChI=1S/C26H21N3O5S/c1-16(35-20-12-10-18(11-13-20)27-23(30)14-15-24(31)32)25(33)28-19-8-6-17(7-9-19)26-29-21-4-2-3-5-22(21)34-26/h2-16H,1H3,(H,27,30)(H,28,33)(H,31,32)/b15-14+. The molecule has 0 saturated carbocycles. The highest BCUT2D eigenvalue weighted by Crippen LogP contribution is 2.27. The van der Waals surface area contributed by atoms with Gasteiger partial charge in [0.15, 0.2) is 5.58 Å². The van der Waals surface area contributed by atoms with Crippen molar-refractivity contribution >= 4 is 52.0 Å². The summed E-state index contributed by atoms with van der Waals surface area (Å²) < 4.78 is 5.78. The first kappa shape index (κ1) is 23.8. The monoisotopic (exact) mass is 487 g/mol. The number of rotatable bonds is 8. The van der Waals surface area contributed by atoms with Gasteiger partial charge in [0.05, 0.1) is 5.25 Å². The number of fused-ring (bicyclic) bond motifs is 1. The number of thioether (sulfide) groups is 1. The molecule has 0 spiro atoms. The molecule has 1 aromatic heterocycles. The summed E-state index contributed by atoms with van der Waals surface area (Å²) in [5.41, 5.74) is 3.50. The largest absolute Gasteiger partial charge is 0.478 e. The van der Waals surface area contributed by atoms with E-state index in [1.165, 1.54) is 11.8 Å². The van der Waals surface area contributed by atoms with Crippen LogP contribution in [-0.4, -0.2) is 33.1 Å². The number of carboxylic acid groups (broad SMARTS) is 1. The van der Waals surface area contributed by atoms with Gasteiger partial charge >= 0.3 is 5.97 Å². The third-order valence-electron chi connectivity index (χ3n) is 4.87. The van der Waals surface area contributed by atoms with Crippen LogP contribution in [0.4, 0.5) is 11.4 Å². The average Bonchev–Trinajstić information content (AvgIpc) is 3.29. The summed E-state index contributed by atoms with van der Waals surface area (Å²) in [7, 11) is 0. The lowest BCUT2D eigenvalue weighted by molar-refractivity contribution is -0.131. The minimum absolute atomic E-state index is 0.152. The van der Waals surface area contributed by atoms with Crippen LogP contribution in [0.25, 0.3) is 22.6 Å². The summed E-state index contributed by atoms with van der Waals surface area (Å²) in [5, 5.41) is 13.7. The SMILES string of the molecule is CC(Sc1ccc(NC(=O)/C=C/C(=O)O)cc1)C(=O)Nc1ccc(-c2nc3ccccc3o2)cc1. The van der Waals surface area contributed by atoms with Crippen molar-refractivity contribution in [1.29, 1.82) is 0 Å². The van der Waals surface area contributed by atoms with Crippen molar-refractivity contribution in [3.05, 3.63) is 84.9 Å². The molecule has 35 heavy (non-hydrogen) atoms. The van der Waals surface area contributed by atoms with Gasteiger partial charge in [0.2, 0.25) is 17.7 Å². The summed E-state index contributed by atoms with van der Waals surface area (Å²) in [6, 6.07) is 21.8. The van der Waals surface area contributed by atoms with E-state index in [4.69, 9.17) is 9.52 Å². The molecular formula is C26H21N3O5S. The molecule has 3 aromatic carbocycles. The number of carbonyl (C=O) groups excluding carboxylic acids is 2. The average molecular weight is 488 g/mol. The quantitative estimate of drug-likeness (QED) is 0.231. The number of anilines is 2. The predicted octanol–water partition coefficient (Wildman–Crippen LogP) is 5.19. The van der Waals surface area contributed by atoms with Crippen molar-refractivity contribution in [3.63, 3.8) is 0 Å². The molecule has 1 unspecified atom stereocenters. The van der Waals surface area contributed by atoms with Crippen LogP contribution >= 0.6 is 11.8 Å². The van der Waals surface area contributed by atoms with Gasteiger partial charge in [-0.2, -0.15) is 0 Å². The van der Waals surface area contributed by atoms with Crippen molar-refractivity contribution in [2.75, 3.05) is 10.6 Å². The summed E-state index contributed by atoms with van der Waals surface area (Å²) >= 11 is 1.37. The van der Waals surface area contributed by atoms with Crippen molar-refractivity contribution in [2.24, 2.45) is 0 Å². The van der Waals surface area contributed by atoms with Crippen LogP contribution in [0.15, 0.2) is 94.3 Å². The molecule has 4 aromatic rings. The van der Waals surface area contributed by atoms with E-state index < -0.39 is 11.9 Å². The van der Waals surface area contributed by atoms with E-state index >= 15 is 0 Å². The Labute approximate surface area is 205 Å². The molecule has 176 valence electrons. The normalized spacial score (nSPS) is 11.9. The first-order valence-electron chi connectivity index (χ1n) is 10.6. The van der Waals surface area contributed by atoms with Gasteiger partial charge in [-0.15, -0.1) is 11.8 Å². The van der Waals surface area contributed by atoms with E-state index in [0.29, 0.717) is 17.3 Å². The molecule has 9 heteroatoms.